The van der Waals surface area contributed by atoms with E-state index in [1.165, 1.54) is 6.92 Å². The van der Waals surface area contributed by atoms with E-state index in [-0.39, 0.29) is 12.4 Å². The molecule has 1 N–H and O–H groups in total. The Morgan fingerprint density at radius 1 is 1.14 bits per heavy atom. The van der Waals surface area contributed by atoms with Gasteiger partial charge in [0.1, 0.15) is 11.3 Å². The van der Waals surface area contributed by atoms with Crippen LogP contribution in [-0.4, -0.2) is 31.7 Å². The van der Waals surface area contributed by atoms with Crippen LogP contribution in [0.5, 0.6) is 5.75 Å². The molecule has 0 fully saturated rings. The molecule has 3 aromatic rings. The molecule has 2 aromatic carbocycles. The molecule has 0 spiro atoms. The Kier molecular flexibility index (Phi) is 6.51. The monoisotopic (exact) mass is 397 g/mol. The van der Waals surface area contributed by atoms with E-state index in [2.05, 4.69) is 5.32 Å². The van der Waals surface area contributed by atoms with Crippen molar-refractivity contribution in [1.82, 2.24) is 0 Å². The van der Waals surface area contributed by atoms with Gasteiger partial charge in [0.15, 0.2) is 6.10 Å². The predicted molar refractivity (Wildman–Crippen MR) is 108 cm³/mol. The van der Waals surface area contributed by atoms with E-state index in [1.54, 1.807) is 37.4 Å². The molecular weight excluding hydrogens is 374 g/mol. The lowest BCUT2D eigenvalue weighted by molar-refractivity contribution is -0.123. The van der Waals surface area contributed by atoms with Gasteiger partial charge in [0, 0.05) is 29.3 Å². The molecule has 1 amide bonds. The molecule has 3 rings (SSSR count). The quantitative estimate of drug-likeness (QED) is 0.574. The Hall–Kier alpha value is -3.32. The summed E-state index contributed by atoms with van der Waals surface area (Å²) in [5, 5.41) is 3.48. The third-order valence-corrected chi connectivity index (χ3v) is 4.32. The normalized spacial score (nSPS) is 11.8. The number of rotatable bonds is 8. The molecule has 29 heavy (non-hydrogen) atoms. The first-order chi connectivity index (χ1) is 14.0. The number of nitrogens with one attached hydrogen (secondary N) is 1. The molecule has 0 aliphatic heterocycles. The van der Waals surface area contributed by atoms with E-state index < -0.39 is 18.0 Å². The van der Waals surface area contributed by atoms with E-state index >= 15 is 0 Å². The van der Waals surface area contributed by atoms with Crippen LogP contribution in [0.15, 0.2) is 52.9 Å². The first-order valence-corrected chi connectivity index (χ1v) is 9.27. The van der Waals surface area contributed by atoms with Crippen LogP contribution < -0.4 is 10.1 Å². The Morgan fingerprint density at radius 3 is 2.69 bits per heavy atom. The van der Waals surface area contributed by atoms with Gasteiger partial charge >= 0.3 is 5.97 Å². The molecule has 0 aliphatic rings. The van der Waals surface area contributed by atoms with Gasteiger partial charge in [-0.3, -0.25) is 4.79 Å². The summed E-state index contributed by atoms with van der Waals surface area (Å²) in [5.74, 6) is -0.533. The molecule has 7 nitrogen and oxygen atoms in total. The molecule has 0 saturated heterocycles. The number of carbonyl (C=O) groups excluding carboxylic acids is 2. The highest BCUT2D eigenvalue weighted by Gasteiger charge is 2.26. The number of para-hydroxylation sites is 1. The second-order valence-corrected chi connectivity index (χ2v) is 6.31. The van der Waals surface area contributed by atoms with Crippen molar-refractivity contribution in [3.05, 3.63) is 59.9 Å². The van der Waals surface area contributed by atoms with E-state index in [4.69, 9.17) is 18.6 Å². The van der Waals surface area contributed by atoms with Gasteiger partial charge in [0.05, 0.1) is 13.7 Å². The smallest absolute Gasteiger partial charge is 0.375 e. The first-order valence-electron chi connectivity index (χ1n) is 9.27. The van der Waals surface area contributed by atoms with Gasteiger partial charge in [-0.05, 0) is 32.0 Å². The average molecular weight is 397 g/mol. The van der Waals surface area contributed by atoms with Crippen LogP contribution in [0.2, 0.25) is 0 Å². The van der Waals surface area contributed by atoms with E-state index in [1.807, 2.05) is 25.1 Å². The van der Waals surface area contributed by atoms with Crippen LogP contribution in [0.1, 0.15) is 30.0 Å². The summed E-state index contributed by atoms with van der Waals surface area (Å²) >= 11 is 0. The maximum absolute atomic E-state index is 12.7. The Balaban J connectivity index is 1.74. The van der Waals surface area contributed by atoms with Crippen molar-refractivity contribution in [2.75, 3.05) is 19.0 Å². The van der Waals surface area contributed by atoms with Crippen LogP contribution in [0.3, 0.4) is 0 Å². The zero-order valence-electron chi connectivity index (χ0n) is 16.6. The molecule has 0 aliphatic carbocycles. The van der Waals surface area contributed by atoms with Crippen LogP contribution >= 0.6 is 0 Å². The number of amides is 1. The molecule has 0 unspecified atom stereocenters. The molecule has 0 bridgehead atoms. The standard InChI is InChI=1S/C22H23NO6/c1-4-27-13-18-17-10-5-6-11-19(17)29-20(18)22(25)28-14(2)21(24)23-15-8-7-9-16(12-15)26-3/h5-12,14H,4,13H2,1-3H3,(H,23,24)/t14-/m0/s1. The van der Waals surface area contributed by atoms with Gasteiger partial charge in [-0.25, -0.2) is 4.79 Å². The molecule has 1 heterocycles. The maximum Gasteiger partial charge on any atom is 0.375 e. The minimum atomic E-state index is -1.03. The summed E-state index contributed by atoms with van der Waals surface area (Å²) < 4.78 is 21.6. The lowest BCUT2D eigenvalue weighted by atomic mass is 10.1. The minimum absolute atomic E-state index is 0.0423. The van der Waals surface area contributed by atoms with Crippen LogP contribution in [0.25, 0.3) is 11.0 Å². The van der Waals surface area contributed by atoms with Crippen LogP contribution in [0.4, 0.5) is 5.69 Å². The van der Waals surface area contributed by atoms with E-state index in [0.717, 1.165) is 5.39 Å². The number of anilines is 1. The van der Waals surface area contributed by atoms with E-state index in [0.29, 0.717) is 29.2 Å². The summed E-state index contributed by atoms with van der Waals surface area (Å²) in [4.78, 5) is 25.1. The SMILES string of the molecule is CCOCc1c(C(=O)O[C@@H](C)C(=O)Nc2cccc(OC)c2)oc2ccccc12. The Bertz CT molecular complexity index is 1010. The number of furan rings is 1. The zero-order valence-corrected chi connectivity index (χ0v) is 16.6. The highest BCUT2D eigenvalue weighted by Crippen LogP contribution is 2.27. The molecule has 1 aromatic heterocycles. The van der Waals surface area contributed by atoms with Gasteiger partial charge in [-0.15, -0.1) is 0 Å². The largest absolute Gasteiger partial charge is 0.497 e. The predicted octanol–water partition coefficient (Wildman–Crippen LogP) is 4.16. The van der Waals surface area contributed by atoms with Crippen molar-refractivity contribution in [3.8, 4) is 5.75 Å². The average Bonchev–Trinajstić information content (AvgIpc) is 3.11. The van der Waals surface area contributed by atoms with Gasteiger partial charge in [0.25, 0.3) is 5.91 Å². The lowest BCUT2D eigenvalue weighted by Gasteiger charge is -2.13. The summed E-state index contributed by atoms with van der Waals surface area (Å²) in [6, 6.07) is 14.2. The van der Waals surface area contributed by atoms with Crippen molar-refractivity contribution in [1.29, 1.82) is 0 Å². The summed E-state index contributed by atoms with van der Waals surface area (Å²) in [5.41, 5.74) is 1.70. The van der Waals surface area contributed by atoms with Crippen molar-refractivity contribution >= 4 is 28.5 Å². The van der Waals surface area contributed by atoms with Crippen molar-refractivity contribution < 1.29 is 28.2 Å². The number of esters is 1. The fraction of sp³-hybridized carbons (Fsp3) is 0.273. The zero-order chi connectivity index (χ0) is 20.8. The second kappa shape index (κ2) is 9.25. The summed E-state index contributed by atoms with van der Waals surface area (Å²) in [6.45, 7) is 4.07. The topological polar surface area (TPSA) is 87.0 Å². The maximum atomic E-state index is 12.7. The number of benzene rings is 2. The lowest BCUT2D eigenvalue weighted by Crippen LogP contribution is -2.30. The molecule has 152 valence electrons. The summed E-state index contributed by atoms with van der Waals surface area (Å²) in [6.07, 6.45) is -1.03. The fourth-order valence-corrected chi connectivity index (χ4v) is 2.82. The number of ether oxygens (including phenoxy) is 3. The van der Waals surface area contributed by atoms with Gasteiger partial charge < -0.3 is 23.9 Å². The Labute approximate surface area is 168 Å². The number of hydrogen-bond acceptors (Lipinski definition) is 6. The number of methoxy groups -OCH3 is 1. The number of carbonyl (C=O) groups is 2. The molecule has 0 saturated carbocycles. The van der Waals surface area contributed by atoms with Gasteiger partial charge in [-0.2, -0.15) is 0 Å². The minimum Gasteiger partial charge on any atom is -0.497 e. The van der Waals surface area contributed by atoms with Crippen LogP contribution in [0, 0.1) is 0 Å². The summed E-state index contributed by atoms with van der Waals surface area (Å²) in [7, 11) is 1.54. The van der Waals surface area contributed by atoms with E-state index in [9.17, 15) is 9.59 Å². The van der Waals surface area contributed by atoms with Gasteiger partial charge in [0.2, 0.25) is 5.76 Å². The third-order valence-electron chi connectivity index (χ3n) is 4.32. The fourth-order valence-electron chi connectivity index (χ4n) is 2.82. The van der Waals surface area contributed by atoms with Crippen LogP contribution in [-0.2, 0) is 20.9 Å². The third kappa shape index (κ3) is 4.75. The van der Waals surface area contributed by atoms with Gasteiger partial charge in [-0.1, -0.05) is 24.3 Å². The molecular formula is C22H23NO6. The first kappa shape index (κ1) is 20.4. The van der Waals surface area contributed by atoms with Crippen molar-refractivity contribution in [2.45, 2.75) is 26.6 Å². The Morgan fingerprint density at radius 2 is 1.93 bits per heavy atom. The number of hydrogen-bond donors (Lipinski definition) is 1. The second-order valence-electron chi connectivity index (χ2n) is 6.31. The molecule has 0 radical (unpaired) electrons. The number of fused-ring (bicyclic) bond motifs is 1. The van der Waals surface area contributed by atoms with Crippen molar-refractivity contribution in [3.63, 3.8) is 0 Å². The molecule has 1 atom stereocenters. The highest BCUT2D eigenvalue weighted by molar-refractivity contribution is 5.99. The highest BCUT2D eigenvalue weighted by atomic mass is 16.6. The van der Waals surface area contributed by atoms with Crippen molar-refractivity contribution in [2.24, 2.45) is 0 Å². The molecule has 7 heteroatoms.